The van der Waals surface area contributed by atoms with Crippen LogP contribution in [-0.2, 0) is 0 Å². The van der Waals surface area contributed by atoms with Gasteiger partial charge in [0, 0.05) is 57.7 Å². The first kappa shape index (κ1) is 21.5. The van der Waals surface area contributed by atoms with Crippen molar-refractivity contribution in [2.75, 3.05) is 0 Å². The molecule has 4 nitrogen and oxygen atoms in total. The molecule has 0 aliphatic rings. The molecule has 0 atom stereocenters. The number of para-hydroxylation sites is 2. The number of hydrogen-bond acceptors (Lipinski definition) is 2. The third-order valence-corrected chi connectivity index (χ3v) is 8.27. The Labute approximate surface area is 229 Å². The molecule has 4 heteroatoms. The third-order valence-electron chi connectivity index (χ3n) is 8.27. The van der Waals surface area contributed by atoms with Gasteiger partial charge in [-0.15, -0.1) is 0 Å². The van der Waals surface area contributed by atoms with E-state index >= 15 is 0 Å². The third kappa shape index (κ3) is 2.85. The van der Waals surface area contributed by atoms with Crippen molar-refractivity contribution in [2.24, 2.45) is 0 Å². The summed E-state index contributed by atoms with van der Waals surface area (Å²) in [5, 5.41) is 10.1. The summed E-state index contributed by atoms with van der Waals surface area (Å²) < 4.78 is 4.72. The van der Waals surface area contributed by atoms with Crippen molar-refractivity contribution in [3.63, 3.8) is 0 Å². The Morgan fingerprint density at radius 2 is 0.950 bits per heavy atom. The predicted molar refractivity (Wildman–Crippen MR) is 166 cm³/mol. The normalized spacial score (nSPS) is 12.0. The van der Waals surface area contributed by atoms with E-state index in [4.69, 9.17) is 0 Å². The lowest BCUT2D eigenvalue weighted by Crippen LogP contribution is -1.94. The second-order valence-electron chi connectivity index (χ2n) is 10.3. The summed E-state index contributed by atoms with van der Waals surface area (Å²) in [5.74, 6) is 0. The maximum Gasteiger partial charge on any atom is 0.0547 e. The van der Waals surface area contributed by atoms with E-state index in [0.29, 0.717) is 0 Å². The van der Waals surface area contributed by atoms with E-state index in [0.717, 1.165) is 11.4 Å². The molecule has 0 aliphatic heterocycles. The average Bonchev–Trinajstić information content (AvgIpc) is 3.53. The number of pyridine rings is 2. The largest absolute Gasteiger partial charge is 0.309 e. The quantitative estimate of drug-likeness (QED) is 0.218. The molecule has 0 saturated carbocycles. The number of hydrogen-bond donors (Lipinski definition) is 0. The summed E-state index contributed by atoms with van der Waals surface area (Å²) in [6.45, 7) is 0. The SMILES string of the molecule is c1ccc2c(c1)c1cc3ccc4ccc5c(c6ccccc6n5-c5ccncc5)c4c3cc1n2-c1ccncc1. The molecule has 0 N–H and O–H groups in total. The molecule has 0 spiro atoms. The highest BCUT2D eigenvalue weighted by molar-refractivity contribution is 6.29. The zero-order chi connectivity index (χ0) is 26.2. The Morgan fingerprint density at radius 1 is 0.375 bits per heavy atom. The molecule has 9 rings (SSSR count). The van der Waals surface area contributed by atoms with E-state index in [2.05, 4.69) is 128 Å². The number of nitrogens with zero attached hydrogens (tertiary/aromatic N) is 4. The molecule has 4 heterocycles. The Hall–Kier alpha value is -5.48. The van der Waals surface area contributed by atoms with Crippen LogP contribution in [0.3, 0.4) is 0 Å². The van der Waals surface area contributed by atoms with E-state index in [1.54, 1.807) is 0 Å². The predicted octanol–water partition coefficient (Wildman–Crippen LogP) is 8.98. The summed E-state index contributed by atoms with van der Waals surface area (Å²) in [6, 6.07) is 39.5. The number of benzene rings is 5. The molecule has 40 heavy (non-hydrogen) atoms. The highest BCUT2D eigenvalue weighted by Gasteiger charge is 2.18. The van der Waals surface area contributed by atoms with Gasteiger partial charge < -0.3 is 9.13 Å². The summed E-state index contributed by atoms with van der Waals surface area (Å²) in [6.07, 6.45) is 7.45. The fraction of sp³-hybridized carbons (Fsp3) is 0. The zero-order valence-corrected chi connectivity index (χ0v) is 21.5. The standard InChI is InChI=1S/C36H22N4/c1-3-7-31-27(5-1)30-21-24-10-9-23-11-12-33-36(28-6-2-4-8-32(28)39(33)25-13-17-37-18-14-25)35(23)29(24)22-34(30)40(31)26-15-19-38-20-16-26/h1-22H. The lowest BCUT2D eigenvalue weighted by atomic mass is 9.96. The highest BCUT2D eigenvalue weighted by Crippen LogP contribution is 2.42. The molecule has 0 unspecified atom stereocenters. The Balaban J connectivity index is 1.50. The van der Waals surface area contributed by atoms with Crippen LogP contribution in [0.4, 0.5) is 0 Å². The molecule has 0 fully saturated rings. The summed E-state index contributed by atoms with van der Waals surface area (Å²) in [4.78, 5) is 8.54. The average molecular weight is 511 g/mol. The molecule has 0 amide bonds. The van der Waals surface area contributed by atoms with E-state index in [1.165, 1.54) is 65.2 Å². The van der Waals surface area contributed by atoms with Gasteiger partial charge in [0.2, 0.25) is 0 Å². The Morgan fingerprint density at radius 3 is 1.68 bits per heavy atom. The lowest BCUT2D eigenvalue weighted by molar-refractivity contribution is 1.16. The van der Waals surface area contributed by atoms with Gasteiger partial charge >= 0.3 is 0 Å². The smallest absolute Gasteiger partial charge is 0.0547 e. The minimum absolute atomic E-state index is 1.11. The van der Waals surface area contributed by atoms with Crippen LogP contribution in [0.1, 0.15) is 0 Å². The fourth-order valence-corrected chi connectivity index (χ4v) is 6.61. The molecule has 4 aromatic heterocycles. The Kier molecular flexibility index (Phi) is 4.30. The number of fused-ring (bicyclic) bond motifs is 10. The fourth-order valence-electron chi connectivity index (χ4n) is 6.61. The van der Waals surface area contributed by atoms with Gasteiger partial charge in [-0.3, -0.25) is 9.97 Å². The van der Waals surface area contributed by atoms with Gasteiger partial charge in [-0.05, 0) is 76.1 Å². The molecule has 0 saturated heterocycles. The number of aromatic nitrogens is 4. The van der Waals surface area contributed by atoms with Crippen molar-refractivity contribution in [3.8, 4) is 11.4 Å². The van der Waals surface area contributed by atoms with Crippen LogP contribution >= 0.6 is 0 Å². The summed E-state index contributed by atoms with van der Waals surface area (Å²) in [5.41, 5.74) is 7.01. The van der Waals surface area contributed by atoms with Crippen molar-refractivity contribution in [3.05, 3.63) is 134 Å². The van der Waals surface area contributed by atoms with Crippen molar-refractivity contribution in [1.29, 1.82) is 0 Å². The van der Waals surface area contributed by atoms with Crippen LogP contribution in [0.25, 0.3) is 76.5 Å². The minimum Gasteiger partial charge on any atom is -0.309 e. The van der Waals surface area contributed by atoms with E-state index < -0.39 is 0 Å². The molecule has 0 radical (unpaired) electrons. The van der Waals surface area contributed by atoms with Gasteiger partial charge in [-0.2, -0.15) is 0 Å². The Bertz CT molecular complexity index is 2420. The summed E-state index contributed by atoms with van der Waals surface area (Å²) >= 11 is 0. The van der Waals surface area contributed by atoms with Gasteiger partial charge in [0.25, 0.3) is 0 Å². The van der Waals surface area contributed by atoms with E-state index in [-0.39, 0.29) is 0 Å². The van der Waals surface area contributed by atoms with Crippen molar-refractivity contribution in [2.45, 2.75) is 0 Å². The lowest BCUT2D eigenvalue weighted by Gasteiger charge is -2.11. The van der Waals surface area contributed by atoms with Gasteiger partial charge in [0.05, 0.1) is 22.1 Å². The first-order valence-electron chi connectivity index (χ1n) is 13.5. The monoisotopic (exact) mass is 510 g/mol. The molecular formula is C36H22N4. The first-order valence-corrected chi connectivity index (χ1v) is 13.5. The zero-order valence-electron chi connectivity index (χ0n) is 21.5. The van der Waals surface area contributed by atoms with E-state index in [1.807, 2.05) is 24.8 Å². The van der Waals surface area contributed by atoms with Crippen LogP contribution in [-0.4, -0.2) is 19.1 Å². The van der Waals surface area contributed by atoms with Crippen molar-refractivity contribution < 1.29 is 0 Å². The maximum atomic E-state index is 4.28. The van der Waals surface area contributed by atoms with Gasteiger partial charge in [0.15, 0.2) is 0 Å². The summed E-state index contributed by atoms with van der Waals surface area (Å²) in [7, 11) is 0. The maximum absolute atomic E-state index is 4.28. The molecule has 0 bridgehead atoms. The molecule has 0 aliphatic carbocycles. The number of rotatable bonds is 2. The van der Waals surface area contributed by atoms with Crippen LogP contribution in [0, 0.1) is 0 Å². The van der Waals surface area contributed by atoms with Crippen molar-refractivity contribution in [1.82, 2.24) is 19.1 Å². The van der Waals surface area contributed by atoms with Crippen LogP contribution in [0.2, 0.25) is 0 Å². The van der Waals surface area contributed by atoms with E-state index in [9.17, 15) is 0 Å². The topological polar surface area (TPSA) is 35.6 Å². The molecule has 9 aromatic rings. The second-order valence-corrected chi connectivity index (χ2v) is 10.3. The first-order chi connectivity index (χ1) is 19.9. The van der Waals surface area contributed by atoms with Gasteiger partial charge in [-0.25, -0.2) is 0 Å². The van der Waals surface area contributed by atoms with Crippen molar-refractivity contribution >= 4 is 65.2 Å². The molecule has 5 aromatic carbocycles. The molecular weight excluding hydrogens is 488 g/mol. The minimum atomic E-state index is 1.11. The van der Waals surface area contributed by atoms with Gasteiger partial charge in [0.1, 0.15) is 0 Å². The second kappa shape index (κ2) is 8.01. The van der Waals surface area contributed by atoms with Crippen LogP contribution in [0.15, 0.2) is 134 Å². The van der Waals surface area contributed by atoms with Gasteiger partial charge in [-0.1, -0.05) is 54.6 Å². The van der Waals surface area contributed by atoms with Crippen LogP contribution in [0.5, 0.6) is 0 Å². The molecule has 186 valence electrons. The highest BCUT2D eigenvalue weighted by atomic mass is 15.0. The van der Waals surface area contributed by atoms with Crippen LogP contribution < -0.4 is 0 Å².